The SMILES string of the molecule is COc1cccc(CN(C)CCc2ccccc2CN)c1. The zero-order valence-corrected chi connectivity index (χ0v) is 12.9. The van der Waals surface area contributed by atoms with Crippen LogP contribution in [-0.4, -0.2) is 25.6 Å². The molecule has 21 heavy (non-hydrogen) atoms. The van der Waals surface area contributed by atoms with Gasteiger partial charge in [-0.2, -0.15) is 0 Å². The first kappa shape index (κ1) is 15.5. The first-order chi connectivity index (χ1) is 10.2. The van der Waals surface area contributed by atoms with Gasteiger partial charge in [-0.3, -0.25) is 0 Å². The highest BCUT2D eigenvalue weighted by molar-refractivity contribution is 5.29. The molecule has 0 atom stereocenters. The van der Waals surface area contributed by atoms with Crippen molar-refractivity contribution in [1.82, 2.24) is 4.90 Å². The zero-order chi connectivity index (χ0) is 15.1. The van der Waals surface area contributed by atoms with Gasteiger partial charge in [-0.1, -0.05) is 36.4 Å². The molecular weight excluding hydrogens is 260 g/mol. The van der Waals surface area contributed by atoms with Crippen LogP contribution >= 0.6 is 0 Å². The number of nitrogens with zero attached hydrogens (tertiary/aromatic N) is 1. The van der Waals surface area contributed by atoms with E-state index in [0.29, 0.717) is 6.54 Å². The topological polar surface area (TPSA) is 38.5 Å². The molecule has 2 aromatic rings. The van der Waals surface area contributed by atoms with Gasteiger partial charge in [0, 0.05) is 19.6 Å². The molecule has 112 valence electrons. The lowest BCUT2D eigenvalue weighted by molar-refractivity contribution is 0.330. The van der Waals surface area contributed by atoms with E-state index in [-0.39, 0.29) is 0 Å². The quantitative estimate of drug-likeness (QED) is 0.849. The van der Waals surface area contributed by atoms with E-state index in [1.165, 1.54) is 16.7 Å². The molecule has 2 N–H and O–H groups in total. The lowest BCUT2D eigenvalue weighted by Crippen LogP contribution is -2.21. The summed E-state index contributed by atoms with van der Waals surface area (Å²) in [6.45, 7) is 2.53. The highest BCUT2D eigenvalue weighted by atomic mass is 16.5. The Morgan fingerprint density at radius 2 is 1.81 bits per heavy atom. The van der Waals surface area contributed by atoms with Crippen molar-refractivity contribution in [2.75, 3.05) is 20.7 Å². The number of hydrogen-bond donors (Lipinski definition) is 1. The monoisotopic (exact) mass is 284 g/mol. The van der Waals surface area contributed by atoms with Gasteiger partial charge in [0.1, 0.15) is 5.75 Å². The van der Waals surface area contributed by atoms with Gasteiger partial charge in [0.25, 0.3) is 0 Å². The molecule has 0 spiro atoms. The van der Waals surface area contributed by atoms with Crippen LogP contribution in [-0.2, 0) is 19.5 Å². The summed E-state index contributed by atoms with van der Waals surface area (Å²) in [7, 11) is 3.84. The molecule has 0 aliphatic rings. The number of ether oxygens (including phenoxy) is 1. The van der Waals surface area contributed by atoms with E-state index in [1.807, 2.05) is 18.2 Å². The number of nitrogens with two attached hydrogens (primary N) is 1. The number of hydrogen-bond acceptors (Lipinski definition) is 3. The van der Waals surface area contributed by atoms with Gasteiger partial charge in [-0.25, -0.2) is 0 Å². The predicted molar refractivity (Wildman–Crippen MR) is 87.4 cm³/mol. The van der Waals surface area contributed by atoms with Gasteiger partial charge in [0.15, 0.2) is 0 Å². The Labute approximate surface area is 127 Å². The molecule has 0 heterocycles. The van der Waals surface area contributed by atoms with Crippen LogP contribution in [0.25, 0.3) is 0 Å². The van der Waals surface area contributed by atoms with Crippen LogP contribution in [0.1, 0.15) is 16.7 Å². The molecule has 0 aliphatic carbocycles. The lowest BCUT2D eigenvalue weighted by atomic mass is 10.0. The molecule has 0 bridgehead atoms. The third kappa shape index (κ3) is 4.59. The molecule has 0 aliphatic heterocycles. The predicted octanol–water partition coefficient (Wildman–Crippen LogP) is 2.83. The third-order valence-corrected chi connectivity index (χ3v) is 3.69. The maximum Gasteiger partial charge on any atom is 0.119 e. The van der Waals surface area contributed by atoms with Crippen LogP contribution in [0.4, 0.5) is 0 Å². The Morgan fingerprint density at radius 3 is 2.52 bits per heavy atom. The van der Waals surface area contributed by atoms with E-state index < -0.39 is 0 Å². The van der Waals surface area contributed by atoms with Gasteiger partial charge < -0.3 is 15.4 Å². The first-order valence-corrected chi connectivity index (χ1v) is 7.31. The number of likely N-dealkylation sites (N-methyl/N-ethyl adjacent to an activating group) is 1. The Kier molecular flexibility index (Phi) is 5.78. The van der Waals surface area contributed by atoms with Crippen molar-refractivity contribution in [3.63, 3.8) is 0 Å². The first-order valence-electron chi connectivity index (χ1n) is 7.31. The van der Waals surface area contributed by atoms with Crippen LogP contribution < -0.4 is 10.5 Å². The molecule has 2 rings (SSSR count). The van der Waals surface area contributed by atoms with E-state index >= 15 is 0 Å². The average molecular weight is 284 g/mol. The molecule has 0 saturated heterocycles. The summed E-state index contributed by atoms with van der Waals surface area (Å²) in [5.41, 5.74) is 9.64. The van der Waals surface area contributed by atoms with Gasteiger partial charge in [0.2, 0.25) is 0 Å². The Morgan fingerprint density at radius 1 is 1.05 bits per heavy atom. The standard InChI is InChI=1S/C18H24N2O/c1-20(14-15-6-5-9-18(12-15)21-2)11-10-16-7-3-4-8-17(16)13-19/h3-9,12H,10-11,13-14,19H2,1-2H3. The molecule has 3 nitrogen and oxygen atoms in total. The fourth-order valence-electron chi connectivity index (χ4n) is 2.47. The minimum absolute atomic E-state index is 0.607. The van der Waals surface area contributed by atoms with Crippen LogP contribution in [0, 0.1) is 0 Å². The molecule has 2 aromatic carbocycles. The Hall–Kier alpha value is -1.84. The van der Waals surface area contributed by atoms with Crippen molar-refractivity contribution in [2.24, 2.45) is 5.73 Å². The van der Waals surface area contributed by atoms with Crippen molar-refractivity contribution in [2.45, 2.75) is 19.5 Å². The number of benzene rings is 2. The average Bonchev–Trinajstić information content (AvgIpc) is 2.53. The van der Waals surface area contributed by atoms with E-state index in [0.717, 1.165) is 25.3 Å². The van der Waals surface area contributed by atoms with E-state index in [4.69, 9.17) is 10.5 Å². The molecule has 0 unspecified atom stereocenters. The van der Waals surface area contributed by atoms with Crippen molar-refractivity contribution in [3.05, 3.63) is 65.2 Å². The van der Waals surface area contributed by atoms with Crippen molar-refractivity contribution in [3.8, 4) is 5.75 Å². The second-order valence-electron chi connectivity index (χ2n) is 5.31. The van der Waals surface area contributed by atoms with Gasteiger partial charge in [-0.05, 0) is 42.3 Å². The highest BCUT2D eigenvalue weighted by Gasteiger charge is 2.04. The summed E-state index contributed by atoms with van der Waals surface area (Å²) in [5.74, 6) is 0.911. The summed E-state index contributed by atoms with van der Waals surface area (Å²) < 4.78 is 5.26. The van der Waals surface area contributed by atoms with E-state index in [1.54, 1.807) is 7.11 Å². The van der Waals surface area contributed by atoms with E-state index in [9.17, 15) is 0 Å². The second-order valence-corrected chi connectivity index (χ2v) is 5.31. The molecule has 0 amide bonds. The van der Waals surface area contributed by atoms with Crippen LogP contribution in [0.2, 0.25) is 0 Å². The summed E-state index contributed by atoms with van der Waals surface area (Å²) >= 11 is 0. The van der Waals surface area contributed by atoms with Crippen LogP contribution in [0.15, 0.2) is 48.5 Å². The second kappa shape index (κ2) is 7.81. The van der Waals surface area contributed by atoms with Gasteiger partial charge >= 0.3 is 0 Å². The van der Waals surface area contributed by atoms with Crippen LogP contribution in [0.3, 0.4) is 0 Å². The fraction of sp³-hybridized carbons (Fsp3) is 0.333. The molecule has 0 radical (unpaired) electrons. The fourth-order valence-corrected chi connectivity index (χ4v) is 2.47. The number of rotatable bonds is 7. The minimum atomic E-state index is 0.607. The lowest BCUT2D eigenvalue weighted by Gasteiger charge is -2.18. The highest BCUT2D eigenvalue weighted by Crippen LogP contribution is 2.14. The maximum absolute atomic E-state index is 5.79. The molecule has 0 fully saturated rings. The summed E-state index contributed by atoms with van der Waals surface area (Å²) in [4.78, 5) is 2.32. The van der Waals surface area contributed by atoms with Crippen molar-refractivity contribution < 1.29 is 4.74 Å². The zero-order valence-electron chi connectivity index (χ0n) is 12.9. The third-order valence-electron chi connectivity index (χ3n) is 3.69. The Balaban J connectivity index is 1.91. The van der Waals surface area contributed by atoms with Gasteiger partial charge in [0.05, 0.1) is 7.11 Å². The molecule has 3 heteroatoms. The van der Waals surface area contributed by atoms with Crippen LogP contribution in [0.5, 0.6) is 5.75 Å². The summed E-state index contributed by atoms with van der Waals surface area (Å²) in [6, 6.07) is 16.6. The maximum atomic E-state index is 5.79. The molecule has 0 saturated carbocycles. The smallest absolute Gasteiger partial charge is 0.119 e. The minimum Gasteiger partial charge on any atom is -0.497 e. The normalized spacial score (nSPS) is 10.9. The molecule has 0 aromatic heterocycles. The van der Waals surface area contributed by atoms with E-state index in [2.05, 4.69) is 42.3 Å². The summed E-state index contributed by atoms with van der Waals surface area (Å²) in [6.07, 6.45) is 1.02. The summed E-state index contributed by atoms with van der Waals surface area (Å²) in [5, 5.41) is 0. The van der Waals surface area contributed by atoms with Crippen molar-refractivity contribution >= 4 is 0 Å². The van der Waals surface area contributed by atoms with Crippen molar-refractivity contribution in [1.29, 1.82) is 0 Å². The van der Waals surface area contributed by atoms with Gasteiger partial charge in [-0.15, -0.1) is 0 Å². The largest absolute Gasteiger partial charge is 0.497 e. The Bertz CT molecular complexity index is 569. The molecular formula is C18H24N2O. The number of methoxy groups -OCH3 is 1.